The number of hydrogen-bond acceptors (Lipinski definition) is 7. The minimum absolute atomic E-state index is 0.404. The van der Waals surface area contributed by atoms with E-state index in [1.165, 1.54) is 0 Å². The van der Waals surface area contributed by atoms with Crippen LogP contribution in [0.3, 0.4) is 0 Å². The molecule has 0 atom stereocenters. The molecule has 0 fully saturated rings. The fraction of sp³-hybridized carbons (Fsp3) is 0.250. The largest absolute Gasteiger partial charge is 0.486 e. The maximum Gasteiger partial charge on any atom is 0.258 e. The maximum atomic E-state index is 5.61. The molecule has 0 N–H and O–H groups in total. The molecule has 0 saturated heterocycles. The lowest BCUT2D eigenvalue weighted by molar-refractivity contribution is 0.171. The van der Waals surface area contributed by atoms with Crippen molar-refractivity contribution in [2.75, 3.05) is 13.2 Å². The molecular weight excluding hydrogens is 296 g/mol. The van der Waals surface area contributed by atoms with Crippen molar-refractivity contribution in [1.29, 1.82) is 0 Å². The molecule has 0 amide bonds. The minimum atomic E-state index is 0.404. The summed E-state index contributed by atoms with van der Waals surface area (Å²) in [5, 5.41) is 12.1. The van der Waals surface area contributed by atoms with E-state index in [0.717, 1.165) is 22.6 Å². The first-order valence-corrected chi connectivity index (χ1v) is 7.26. The summed E-state index contributed by atoms with van der Waals surface area (Å²) in [4.78, 5) is 4.41. The highest BCUT2D eigenvalue weighted by Crippen LogP contribution is 2.37. The van der Waals surface area contributed by atoms with Gasteiger partial charge < -0.3 is 14.0 Å². The maximum absolute atomic E-state index is 5.61. The van der Waals surface area contributed by atoms with Gasteiger partial charge in [0.1, 0.15) is 18.9 Å². The number of fused-ring (bicyclic) bond motifs is 1. The predicted molar refractivity (Wildman–Crippen MR) is 81.2 cm³/mol. The van der Waals surface area contributed by atoms with Gasteiger partial charge >= 0.3 is 0 Å². The zero-order chi connectivity index (χ0) is 15.8. The molecular formula is C16H14N4O3. The lowest BCUT2D eigenvalue weighted by Crippen LogP contribution is -2.15. The van der Waals surface area contributed by atoms with Crippen LogP contribution in [0.4, 0.5) is 0 Å². The summed E-state index contributed by atoms with van der Waals surface area (Å²) < 4.78 is 16.6. The summed E-state index contributed by atoms with van der Waals surface area (Å²) >= 11 is 0. The topological polar surface area (TPSA) is 83.2 Å². The molecule has 23 heavy (non-hydrogen) atoms. The Hall–Kier alpha value is -2.96. The molecule has 0 saturated carbocycles. The van der Waals surface area contributed by atoms with E-state index in [1.54, 1.807) is 0 Å². The lowest BCUT2D eigenvalue weighted by atomic mass is 10.1. The summed E-state index contributed by atoms with van der Waals surface area (Å²) in [5.74, 6) is 2.24. The molecule has 0 spiro atoms. The normalized spacial score (nSPS) is 13.1. The minimum Gasteiger partial charge on any atom is -0.486 e. The quantitative estimate of drug-likeness (QED) is 0.719. The highest BCUT2D eigenvalue weighted by Gasteiger charge is 2.19. The molecule has 3 aromatic rings. The van der Waals surface area contributed by atoms with E-state index in [9.17, 15) is 0 Å². The van der Waals surface area contributed by atoms with Crippen LogP contribution in [0.1, 0.15) is 11.3 Å². The van der Waals surface area contributed by atoms with Gasteiger partial charge in [0.15, 0.2) is 11.5 Å². The zero-order valence-corrected chi connectivity index (χ0v) is 12.7. The van der Waals surface area contributed by atoms with Crippen LogP contribution in [0.5, 0.6) is 11.5 Å². The van der Waals surface area contributed by atoms with E-state index in [2.05, 4.69) is 20.3 Å². The summed E-state index contributed by atoms with van der Waals surface area (Å²) in [6.07, 6.45) is 0. The molecule has 1 aliphatic heterocycles. The van der Waals surface area contributed by atoms with E-state index in [1.807, 2.05) is 38.1 Å². The number of rotatable bonds is 2. The number of aromatic nitrogens is 4. The third kappa shape index (κ3) is 2.50. The number of hydrogen-bond donors (Lipinski definition) is 0. The molecule has 7 nitrogen and oxygen atoms in total. The van der Waals surface area contributed by atoms with Crippen LogP contribution in [0.15, 0.2) is 28.8 Å². The second-order valence-corrected chi connectivity index (χ2v) is 5.29. The van der Waals surface area contributed by atoms with Crippen molar-refractivity contribution in [3.05, 3.63) is 35.5 Å². The second-order valence-electron chi connectivity index (χ2n) is 5.29. The smallest absolute Gasteiger partial charge is 0.258 e. The van der Waals surface area contributed by atoms with Gasteiger partial charge in [0.2, 0.25) is 5.82 Å². The van der Waals surface area contributed by atoms with Crippen molar-refractivity contribution in [3.8, 4) is 34.5 Å². The number of aryl methyl sites for hydroxylation is 2. The number of nitrogens with zero attached hydrogens (tertiary/aromatic N) is 4. The summed E-state index contributed by atoms with van der Waals surface area (Å²) in [6.45, 7) is 4.92. The van der Waals surface area contributed by atoms with Gasteiger partial charge in [-0.15, -0.1) is 5.10 Å². The highest BCUT2D eigenvalue weighted by atomic mass is 16.6. The lowest BCUT2D eigenvalue weighted by Gasteiger charge is -2.19. The van der Waals surface area contributed by atoms with Crippen molar-refractivity contribution in [2.24, 2.45) is 0 Å². The van der Waals surface area contributed by atoms with Crippen molar-refractivity contribution >= 4 is 0 Å². The average Bonchev–Trinajstić information content (AvgIpc) is 3.04. The van der Waals surface area contributed by atoms with Gasteiger partial charge in [-0.3, -0.25) is 0 Å². The number of benzene rings is 1. The van der Waals surface area contributed by atoms with Gasteiger partial charge in [-0.05, 0) is 43.7 Å². The molecule has 3 heterocycles. The highest BCUT2D eigenvalue weighted by molar-refractivity contribution is 5.66. The van der Waals surface area contributed by atoms with Crippen molar-refractivity contribution in [3.63, 3.8) is 0 Å². The third-order valence-corrected chi connectivity index (χ3v) is 3.57. The molecule has 7 heteroatoms. The summed E-state index contributed by atoms with van der Waals surface area (Å²) in [6, 6.07) is 7.45. The van der Waals surface area contributed by atoms with Gasteiger partial charge in [-0.25, -0.2) is 0 Å². The Bertz CT molecular complexity index is 858. The third-order valence-electron chi connectivity index (χ3n) is 3.57. The van der Waals surface area contributed by atoms with E-state index in [-0.39, 0.29) is 0 Å². The standard InChI is InChI=1S/C16H14N4O3/c1-9-7-13-14(22-6-5-21-13)8-11(9)16-17-15(20-23-16)12-4-3-10(2)18-19-12/h3-4,7-8H,5-6H2,1-2H3. The van der Waals surface area contributed by atoms with Crippen LogP contribution < -0.4 is 9.47 Å². The van der Waals surface area contributed by atoms with Gasteiger partial charge in [-0.1, -0.05) is 5.16 Å². The fourth-order valence-corrected chi connectivity index (χ4v) is 2.38. The Labute approximate surface area is 132 Å². The van der Waals surface area contributed by atoms with Crippen LogP contribution in [0, 0.1) is 13.8 Å². The van der Waals surface area contributed by atoms with Gasteiger partial charge in [-0.2, -0.15) is 10.1 Å². The number of ether oxygens (including phenoxy) is 2. The molecule has 1 aromatic carbocycles. The molecule has 0 aliphatic carbocycles. The van der Waals surface area contributed by atoms with Crippen LogP contribution >= 0.6 is 0 Å². The predicted octanol–water partition coefficient (Wildman–Crippen LogP) is 2.58. The van der Waals surface area contributed by atoms with E-state index < -0.39 is 0 Å². The Balaban J connectivity index is 1.73. The molecule has 116 valence electrons. The van der Waals surface area contributed by atoms with Crippen LogP contribution in [0.2, 0.25) is 0 Å². The van der Waals surface area contributed by atoms with Crippen molar-refractivity contribution < 1.29 is 14.0 Å². The Morgan fingerprint density at radius 1 is 0.957 bits per heavy atom. The van der Waals surface area contributed by atoms with Gasteiger partial charge in [0, 0.05) is 5.56 Å². The Kier molecular flexibility index (Phi) is 3.18. The van der Waals surface area contributed by atoms with Crippen LogP contribution in [0.25, 0.3) is 23.0 Å². The van der Waals surface area contributed by atoms with E-state index in [4.69, 9.17) is 14.0 Å². The van der Waals surface area contributed by atoms with Gasteiger partial charge in [0.05, 0.1) is 5.69 Å². The summed E-state index contributed by atoms with van der Waals surface area (Å²) in [7, 11) is 0. The second kappa shape index (κ2) is 5.35. The van der Waals surface area contributed by atoms with E-state index in [0.29, 0.717) is 36.4 Å². The fourth-order valence-electron chi connectivity index (χ4n) is 2.38. The first kappa shape index (κ1) is 13.7. The van der Waals surface area contributed by atoms with Crippen molar-refractivity contribution in [1.82, 2.24) is 20.3 Å². The Morgan fingerprint density at radius 3 is 2.48 bits per heavy atom. The monoisotopic (exact) mass is 310 g/mol. The first-order valence-electron chi connectivity index (χ1n) is 7.26. The van der Waals surface area contributed by atoms with Crippen LogP contribution in [-0.4, -0.2) is 33.6 Å². The SMILES string of the molecule is Cc1ccc(-c2noc(-c3cc4c(cc3C)OCCO4)n2)nn1. The molecule has 4 rings (SSSR count). The molecule has 0 unspecified atom stereocenters. The summed E-state index contributed by atoms with van der Waals surface area (Å²) in [5.41, 5.74) is 3.19. The molecule has 0 radical (unpaired) electrons. The molecule has 1 aliphatic rings. The van der Waals surface area contributed by atoms with Crippen LogP contribution in [-0.2, 0) is 0 Å². The van der Waals surface area contributed by atoms with E-state index >= 15 is 0 Å². The first-order chi connectivity index (χ1) is 11.2. The molecule has 0 bridgehead atoms. The molecule has 2 aromatic heterocycles. The van der Waals surface area contributed by atoms with Crippen molar-refractivity contribution in [2.45, 2.75) is 13.8 Å². The Morgan fingerprint density at radius 2 is 1.74 bits per heavy atom. The van der Waals surface area contributed by atoms with Gasteiger partial charge in [0.25, 0.3) is 5.89 Å². The zero-order valence-electron chi connectivity index (χ0n) is 12.7. The average molecular weight is 310 g/mol.